The summed E-state index contributed by atoms with van der Waals surface area (Å²) in [6, 6.07) is 4.92. The van der Waals surface area contributed by atoms with Gasteiger partial charge in [0.1, 0.15) is 0 Å². The van der Waals surface area contributed by atoms with Crippen molar-refractivity contribution in [3.8, 4) is 10.4 Å². The zero-order valence-electron chi connectivity index (χ0n) is 10.5. The van der Waals surface area contributed by atoms with Crippen LogP contribution in [-0.4, -0.2) is 0 Å². The van der Waals surface area contributed by atoms with Gasteiger partial charge in [-0.2, -0.15) is 13.2 Å². The maximum absolute atomic E-state index is 13.0. The summed E-state index contributed by atoms with van der Waals surface area (Å²) in [6.45, 7) is 1.59. The molecule has 0 atom stereocenters. The van der Waals surface area contributed by atoms with Crippen molar-refractivity contribution >= 4 is 11.3 Å². The van der Waals surface area contributed by atoms with E-state index >= 15 is 0 Å². The van der Waals surface area contributed by atoms with E-state index in [0.29, 0.717) is 5.56 Å². The van der Waals surface area contributed by atoms with Gasteiger partial charge in [0.05, 0.1) is 5.56 Å². The molecule has 0 saturated heterocycles. The van der Waals surface area contributed by atoms with Crippen LogP contribution in [0, 0.1) is 6.92 Å². The molecule has 0 nitrogen and oxygen atoms in total. The molecule has 1 aliphatic rings. The maximum Gasteiger partial charge on any atom is 0.416 e. The predicted octanol–water partition coefficient (Wildman–Crippen LogP) is 5.23. The lowest BCUT2D eigenvalue weighted by Gasteiger charge is -2.16. The van der Waals surface area contributed by atoms with Crippen molar-refractivity contribution in [3.05, 3.63) is 45.8 Å². The highest BCUT2D eigenvalue weighted by molar-refractivity contribution is 7.13. The van der Waals surface area contributed by atoms with E-state index in [1.165, 1.54) is 11.6 Å². The Morgan fingerprint density at radius 1 is 1.05 bits per heavy atom. The minimum atomic E-state index is -4.27. The molecule has 0 fully saturated rings. The lowest BCUT2D eigenvalue weighted by molar-refractivity contribution is -0.138. The number of halogens is 3. The fourth-order valence-electron chi connectivity index (χ4n) is 2.82. The van der Waals surface area contributed by atoms with E-state index in [-0.39, 0.29) is 0 Å². The van der Waals surface area contributed by atoms with E-state index in [1.54, 1.807) is 24.3 Å². The van der Waals surface area contributed by atoms with E-state index in [4.69, 9.17) is 0 Å². The van der Waals surface area contributed by atoms with Gasteiger partial charge in [-0.15, -0.1) is 11.3 Å². The Morgan fingerprint density at radius 3 is 2.53 bits per heavy atom. The molecule has 0 bridgehead atoms. The van der Waals surface area contributed by atoms with Gasteiger partial charge in [-0.3, -0.25) is 0 Å². The maximum atomic E-state index is 13.0. The number of aryl methyl sites for hydroxylation is 2. The normalized spacial score (nSPS) is 14.7. The van der Waals surface area contributed by atoms with Crippen LogP contribution < -0.4 is 0 Å². The molecule has 1 heterocycles. The molecular weight excluding hydrogens is 269 g/mol. The van der Waals surface area contributed by atoms with Gasteiger partial charge in [-0.1, -0.05) is 6.07 Å². The number of hydrogen-bond acceptors (Lipinski definition) is 1. The van der Waals surface area contributed by atoms with Crippen molar-refractivity contribution in [1.82, 2.24) is 0 Å². The van der Waals surface area contributed by atoms with Gasteiger partial charge < -0.3 is 0 Å². The predicted molar refractivity (Wildman–Crippen MR) is 71.5 cm³/mol. The number of alkyl halides is 3. The van der Waals surface area contributed by atoms with Crippen LogP contribution in [-0.2, 0) is 19.0 Å². The van der Waals surface area contributed by atoms with Gasteiger partial charge in [0.15, 0.2) is 0 Å². The van der Waals surface area contributed by atoms with Crippen molar-refractivity contribution in [2.75, 3.05) is 0 Å². The van der Waals surface area contributed by atoms with Crippen molar-refractivity contribution < 1.29 is 13.2 Å². The van der Waals surface area contributed by atoms with Crippen LogP contribution in [0.3, 0.4) is 0 Å². The van der Waals surface area contributed by atoms with Crippen molar-refractivity contribution in [2.45, 2.75) is 32.4 Å². The summed E-state index contributed by atoms with van der Waals surface area (Å²) in [5.74, 6) is 0. The molecule has 0 radical (unpaired) electrons. The van der Waals surface area contributed by atoms with E-state index in [9.17, 15) is 13.2 Å². The van der Waals surface area contributed by atoms with E-state index in [0.717, 1.165) is 35.3 Å². The molecule has 4 heteroatoms. The molecule has 1 aromatic carbocycles. The number of hydrogen-bond donors (Lipinski definition) is 0. The summed E-state index contributed by atoms with van der Waals surface area (Å²) in [4.78, 5) is 1.02. The van der Waals surface area contributed by atoms with Crippen molar-refractivity contribution in [1.29, 1.82) is 0 Å². The van der Waals surface area contributed by atoms with Gasteiger partial charge in [0, 0.05) is 4.88 Å². The molecule has 2 aromatic rings. The first-order valence-corrected chi connectivity index (χ1v) is 7.13. The first kappa shape index (κ1) is 12.7. The fraction of sp³-hybridized carbons (Fsp3) is 0.333. The van der Waals surface area contributed by atoms with E-state index in [1.807, 2.05) is 11.4 Å². The van der Waals surface area contributed by atoms with Crippen LogP contribution in [0.5, 0.6) is 0 Å². The number of thiophene rings is 1. The molecule has 1 aromatic heterocycles. The number of rotatable bonds is 0. The Kier molecular flexibility index (Phi) is 2.93. The second-order valence-electron chi connectivity index (χ2n) is 4.90. The van der Waals surface area contributed by atoms with Crippen LogP contribution in [0.4, 0.5) is 13.2 Å². The summed E-state index contributed by atoms with van der Waals surface area (Å²) < 4.78 is 39.1. The molecule has 0 spiro atoms. The largest absolute Gasteiger partial charge is 0.416 e. The standard InChI is InChI=1S/C15H13F3S/c1-9-12(15(16,17)18)6-5-10-3-2-4-11-7-8-19-14(11)13(9)10/h5-8H,2-4H2,1H3. The summed E-state index contributed by atoms with van der Waals surface area (Å²) in [7, 11) is 0. The molecule has 100 valence electrons. The minimum absolute atomic E-state index is 0.371. The zero-order valence-corrected chi connectivity index (χ0v) is 11.3. The van der Waals surface area contributed by atoms with Gasteiger partial charge in [0.25, 0.3) is 0 Å². The van der Waals surface area contributed by atoms with Crippen molar-refractivity contribution in [2.24, 2.45) is 0 Å². The minimum Gasteiger partial charge on any atom is -0.166 e. The third-order valence-corrected chi connectivity index (χ3v) is 4.70. The third-order valence-electron chi connectivity index (χ3n) is 3.72. The molecular formula is C15H13F3S. The SMILES string of the molecule is Cc1c(C(F)(F)F)ccc2c1-c1sccc1CCC2. The molecule has 0 saturated carbocycles. The summed E-state index contributed by atoms with van der Waals surface area (Å²) >= 11 is 1.55. The van der Waals surface area contributed by atoms with Crippen LogP contribution in [0.15, 0.2) is 23.6 Å². The highest BCUT2D eigenvalue weighted by Crippen LogP contribution is 2.43. The van der Waals surface area contributed by atoms with Gasteiger partial charge in [0.2, 0.25) is 0 Å². The second-order valence-corrected chi connectivity index (χ2v) is 5.81. The molecule has 0 amide bonds. The zero-order chi connectivity index (χ0) is 13.6. The quantitative estimate of drug-likeness (QED) is 0.620. The van der Waals surface area contributed by atoms with Gasteiger partial charge in [-0.25, -0.2) is 0 Å². The van der Waals surface area contributed by atoms with Crippen LogP contribution >= 0.6 is 11.3 Å². The van der Waals surface area contributed by atoms with Crippen LogP contribution in [0.1, 0.15) is 28.7 Å². The highest BCUT2D eigenvalue weighted by atomic mass is 32.1. The van der Waals surface area contributed by atoms with Crippen molar-refractivity contribution in [3.63, 3.8) is 0 Å². The average Bonchev–Trinajstić information content (AvgIpc) is 2.69. The Morgan fingerprint density at radius 2 is 1.79 bits per heavy atom. The molecule has 3 rings (SSSR count). The molecule has 0 N–H and O–H groups in total. The Bertz CT molecular complexity index is 623. The number of fused-ring (bicyclic) bond motifs is 3. The molecule has 0 aliphatic heterocycles. The average molecular weight is 282 g/mol. The lowest BCUT2D eigenvalue weighted by atomic mass is 9.94. The lowest BCUT2D eigenvalue weighted by Crippen LogP contribution is -2.09. The van der Waals surface area contributed by atoms with Gasteiger partial charge >= 0.3 is 6.18 Å². The topological polar surface area (TPSA) is 0 Å². The Hall–Kier alpha value is -1.29. The third kappa shape index (κ3) is 2.08. The molecule has 0 unspecified atom stereocenters. The molecule has 1 aliphatic carbocycles. The fourth-order valence-corrected chi connectivity index (χ4v) is 3.91. The molecule has 19 heavy (non-hydrogen) atoms. The summed E-state index contributed by atoms with van der Waals surface area (Å²) in [6.07, 6.45) is -1.46. The first-order valence-electron chi connectivity index (χ1n) is 6.25. The Labute approximate surface area is 113 Å². The highest BCUT2D eigenvalue weighted by Gasteiger charge is 2.34. The monoisotopic (exact) mass is 282 g/mol. The first-order chi connectivity index (χ1) is 8.98. The van der Waals surface area contributed by atoms with Crippen LogP contribution in [0.25, 0.3) is 10.4 Å². The smallest absolute Gasteiger partial charge is 0.166 e. The summed E-state index contributed by atoms with van der Waals surface area (Å²) in [5, 5.41) is 1.97. The van der Waals surface area contributed by atoms with E-state index in [2.05, 4.69) is 0 Å². The second kappa shape index (κ2) is 4.37. The van der Waals surface area contributed by atoms with Gasteiger partial charge in [-0.05, 0) is 66.0 Å². The van der Waals surface area contributed by atoms with Crippen LogP contribution in [0.2, 0.25) is 0 Å². The Balaban J connectivity index is 2.29. The summed E-state index contributed by atoms with van der Waals surface area (Å²) in [5.41, 5.74) is 2.92. The van der Waals surface area contributed by atoms with E-state index < -0.39 is 11.7 Å². The number of benzene rings is 1.